The maximum Gasteiger partial charge on any atom is 0.345 e. The van der Waals surface area contributed by atoms with Crippen LogP contribution in [0.5, 0.6) is 0 Å². The van der Waals surface area contributed by atoms with Gasteiger partial charge in [0.15, 0.2) is 0 Å². The highest BCUT2D eigenvalue weighted by Gasteiger charge is 2.50. The van der Waals surface area contributed by atoms with E-state index < -0.39 is 11.9 Å². The first-order valence-electron chi connectivity index (χ1n) is 7.81. The fraction of sp³-hybridized carbons (Fsp3) is 0.222. The van der Waals surface area contributed by atoms with Crippen LogP contribution in [-0.2, 0) is 16.2 Å². The zero-order valence-electron chi connectivity index (χ0n) is 13.0. The molecule has 24 heavy (non-hydrogen) atoms. The van der Waals surface area contributed by atoms with Gasteiger partial charge in [-0.2, -0.15) is 5.06 Å². The van der Waals surface area contributed by atoms with Crippen LogP contribution in [-0.4, -0.2) is 28.4 Å². The number of nitrogens with two attached hydrogens (primary N) is 1. The summed E-state index contributed by atoms with van der Waals surface area (Å²) in [5, 5.41) is 1.37. The van der Waals surface area contributed by atoms with E-state index in [1.54, 1.807) is 0 Å². The normalized spacial score (nSPS) is 21.8. The molecule has 2 bridgehead atoms. The number of benzene rings is 2. The van der Waals surface area contributed by atoms with E-state index in [0.29, 0.717) is 13.2 Å². The minimum absolute atomic E-state index is 0.229. The molecule has 2 aromatic carbocycles. The summed E-state index contributed by atoms with van der Waals surface area (Å²) < 4.78 is 0. The standard InChI is InChI=1S/C18H17N3O3/c19-17(22)16-14-9-5-4-8-13(14)15-10-20(16)18(23)21(15)24-11-12-6-2-1-3-7-12/h1-9,15-16H,10-11H2,(H2,19,22)/t15-,16-/m1/s1. The van der Waals surface area contributed by atoms with Crippen LogP contribution in [0.4, 0.5) is 4.79 Å². The quantitative estimate of drug-likeness (QED) is 0.936. The summed E-state index contributed by atoms with van der Waals surface area (Å²) in [4.78, 5) is 31.9. The number of hydrogen-bond acceptors (Lipinski definition) is 3. The Labute approximate surface area is 139 Å². The first-order valence-corrected chi connectivity index (χ1v) is 7.81. The maximum atomic E-state index is 12.7. The molecule has 1 fully saturated rings. The molecule has 1 saturated heterocycles. The van der Waals surface area contributed by atoms with Crippen molar-refractivity contribution in [3.8, 4) is 0 Å². The number of carbonyl (C=O) groups is 2. The van der Waals surface area contributed by atoms with Gasteiger partial charge in [0.25, 0.3) is 0 Å². The lowest BCUT2D eigenvalue weighted by Gasteiger charge is -2.30. The highest BCUT2D eigenvalue weighted by Crippen LogP contribution is 2.43. The molecule has 122 valence electrons. The topological polar surface area (TPSA) is 75.9 Å². The molecule has 2 aliphatic rings. The molecule has 4 rings (SSSR count). The van der Waals surface area contributed by atoms with Crippen LogP contribution in [0, 0.1) is 0 Å². The number of hydrogen-bond donors (Lipinski definition) is 1. The van der Waals surface area contributed by atoms with Crippen LogP contribution in [0.2, 0.25) is 0 Å². The Morgan fingerprint density at radius 3 is 2.46 bits per heavy atom. The first-order chi connectivity index (χ1) is 11.7. The fourth-order valence-electron chi connectivity index (χ4n) is 3.44. The van der Waals surface area contributed by atoms with Crippen molar-refractivity contribution in [2.24, 2.45) is 5.73 Å². The second kappa shape index (κ2) is 5.65. The van der Waals surface area contributed by atoms with Gasteiger partial charge in [-0.1, -0.05) is 54.6 Å². The summed E-state index contributed by atoms with van der Waals surface area (Å²) in [6.07, 6.45) is 0. The zero-order chi connectivity index (χ0) is 16.7. The van der Waals surface area contributed by atoms with E-state index in [1.807, 2.05) is 54.6 Å². The molecular formula is C18H17N3O3. The molecular weight excluding hydrogens is 306 g/mol. The molecule has 2 aromatic rings. The van der Waals surface area contributed by atoms with Crippen molar-refractivity contribution in [2.45, 2.75) is 18.7 Å². The third-order valence-corrected chi connectivity index (χ3v) is 4.53. The van der Waals surface area contributed by atoms with Crippen molar-refractivity contribution >= 4 is 11.9 Å². The number of urea groups is 1. The largest absolute Gasteiger partial charge is 0.368 e. The monoisotopic (exact) mass is 323 g/mol. The second-order valence-corrected chi connectivity index (χ2v) is 5.97. The number of rotatable bonds is 4. The minimum atomic E-state index is -0.740. The van der Waals surface area contributed by atoms with E-state index in [-0.39, 0.29) is 12.1 Å². The predicted octanol–water partition coefficient (Wildman–Crippen LogP) is 2.14. The molecule has 2 N–H and O–H groups in total. The smallest absolute Gasteiger partial charge is 0.345 e. The maximum absolute atomic E-state index is 12.7. The van der Waals surface area contributed by atoms with E-state index >= 15 is 0 Å². The van der Waals surface area contributed by atoms with Gasteiger partial charge in [0, 0.05) is 0 Å². The van der Waals surface area contributed by atoms with Gasteiger partial charge >= 0.3 is 6.03 Å². The number of primary amides is 1. The molecule has 6 heteroatoms. The molecule has 0 spiro atoms. The van der Waals surface area contributed by atoms with Crippen molar-refractivity contribution in [3.05, 3.63) is 71.3 Å². The predicted molar refractivity (Wildman–Crippen MR) is 86.3 cm³/mol. The van der Waals surface area contributed by atoms with E-state index in [0.717, 1.165) is 16.7 Å². The number of fused-ring (bicyclic) bond motifs is 4. The summed E-state index contributed by atoms with van der Waals surface area (Å²) in [5.74, 6) is -0.529. The Balaban J connectivity index is 1.65. The Bertz CT molecular complexity index is 793. The number of amides is 3. The number of carbonyl (C=O) groups excluding carboxylic acids is 2. The van der Waals surface area contributed by atoms with E-state index in [4.69, 9.17) is 10.6 Å². The lowest BCUT2D eigenvalue weighted by molar-refractivity contribution is -0.141. The molecule has 2 heterocycles. The number of hydroxylamine groups is 2. The van der Waals surface area contributed by atoms with Crippen molar-refractivity contribution in [1.29, 1.82) is 0 Å². The summed E-state index contributed by atoms with van der Waals surface area (Å²) >= 11 is 0. The average Bonchev–Trinajstić information content (AvgIpc) is 2.87. The van der Waals surface area contributed by atoms with Gasteiger partial charge in [-0.25, -0.2) is 4.79 Å². The lowest BCUT2D eigenvalue weighted by atomic mass is 9.91. The molecule has 0 unspecified atom stereocenters. The van der Waals surface area contributed by atoms with Crippen molar-refractivity contribution in [3.63, 3.8) is 0 Å². The van der Waals surface area contributed by atoms with Crippen LogP contribution < -0.4 is 5.73 Å². The molecule has 0 aliphatic carbocycles. The third-order valence-electron chi connectivity index (χ3n) is 4.53. The molecule has 3 amide bonds. The lowest BCUT2D eigenvalue weighted by Crippen LogP contribution is -2.41. The van der Waals surface area contributed by atoms with Crippen molar-refractivity contribution in [2.75, 3.05) is 6.54 Å². The Morgan fingerprint density at radius 1 is 1.08 bits per heavy atom. The van der Waals surface area contributed by atoms with Crippen LogP contribution in [0.15, 0.2) is 54.6 Å². The van der Waals surface area contributed by atoms with Gasteiger partial charge in [0.2, 0.25) is 5.91 Å². The molecule has 6 nitrogen and oxygen atoms in total. The third kappa shape index (κ3) is 2.23. The molecule has 0 saturated carbocycles. The molecule has 2 aliphatic heterocycles. The van der Waals surface area contributed by atoms with E-state index in [9.17, 15) is 9.59 Å². The molecule has 0 aromatic heterocycles. The summed E-state index contributed by atoms with van der Waals surface area (Å²) in [7, 11) is 0. The van der Waals surface area contributed by atoms with Crippen LogP contribution in [0.3, 0.4) is 0 Å². The molecule has 2 atom stereocenters. The number of nitrogens with zero attached hydrogens (tertiary/aromatic N) is 2. The van der Waals surface area contributed by atoms with Crippen LogP contribution in [0.25, 0.3) is 0 Å². The van der Waals surface area contributed by atoms with Gasteiger partial charge in [0.05, 0.1) is 6.54 Å². The summed E-state index contributed by atoms with van der Waals surface area (Å²) in [5.41, 5.74) is 8.21. The summed E-state index contributed by atoms with van der Waals surface area (Å²) in [6, 6.07) is 15.9. The van der Waals surface area contributed by atoms with Crippen molar-refractivity contribution in [1.82, 2.24) is 9.96 Å². The van der Waals surface area contributed by atoms with Gasteiger partial charge in [-0.05, 0) is 16.7 Å². The minimum Gasteiger partial charge on any atom is -0.368 e. The highest BCUT2D eigenvalue weighted by molar-refractivity contribution is 5.89. The second-order valence-electron chi connectivity index (χ2n) is 5.97. The highest BCUT2D eigenvalue weighted by atomic mass is 16.7. The van der Waals surface area contributed by atoms with E-state index in [1.165, 1.54) is 9.96 Å². The van der Waals surface area contributed by atoms with Gasteiger partial charge < -0.3 is 10.6 Å². The Hall–Kier alpha value is -2.86. The SMILES string of the molecule is NC(=O)[C@H]1c2ccccc2[C@H]2CN1C(=O)N2OCc1ccccc1. The van der Waals surface area contributed by atoms with Crippen LogP contribution >= 0.6 is 0 Å². The Morgan fingerprint density at radius 2 is 1.75 bits per heavy atom. The van der Waals surface area contributed by atoms with E-state index in [2.05, 4.69) is 0 Å². The summed E-state index contributed by atoms with van der Waals surface area (Å²) in [6.45, 7) is 0.693. The Kier molecular flexibility index (Phi) is 3.46. The van der Waals surface area contributed by atoms with Gasteiger partial charge in [-0.15, -0.1) is 0 Å². The first kappa shape index (κ1) is 14.7. The van der Waals surface area contributed by atoms with Crippen LogP contribution in [0.1, 0.15) is 28.8 Å². The zero-order valence-corrected chi connectivity index (χ0v) is 13.0. The van der Waals surface area contributed by atoms with Gasteiger partial charge in [0.1, 0.15) is 18.7 Å². The average molecular weight is 323 g/mol. The van der Waals surface area contributed by atoms with Gasteiger partial charge in [-0.3, -0.25) is 9.63 Å². The van der Waals surface area contributed by atoms with Crippen molar-refractivity contribution < 1.29 is 14.4 Å². The molecule has 0 radical (unpaired) electrons. The fourth-order valence-corrected chi connectivity index (χ4v) is 3.44.